The van der Waals surface area contributed by atoms with Crippen LogP contribution in [0.4, 0.5) is 11.5 Å². The van der Waals surface area contributed by atoms with E-state index in [1.807, 2.05) is 24.4 Å². The molecule has 142 valence electrons. The molecule has 0 aliphatic carbocycles. The highest BCUT2D eigenvalue weighted by atomic mass is 16.1. The molecule has 4 aromatic rings. The molecule has 3 N–H and O–H groups in total. The van der Waals surface area contributed by atoms with Crippen molar-refractivity contribution in [1.29, 1.82) is 5.26 Å². The number of fused-ring (bicyclic) bond motifs is 1. The van der Waals surface area contributed by atoms with Gasteiger partial charge >= 0.3 is 0 Å². The van der Waals surface area contributed by atoms with E-state index in [1.54, 1.807) is 30.5 Å². The summed E-state index contributed by atoms with van der Waals surface area (Å²) < 4.78 is 0. The number of hydrogen-bond acceptors (Lipinski definition) is 5. The number of amides is 1. The zero-order chi connectivity index (χ0) is 20.1. The normalized spacial score (nSPS) is 10.4. The van der Waals surface area contributed by atoms with E-state index in [0.717, 1.165) is 11.9 Å². The highest BCUT2D eigenvalue weighted by Crippen LogP contribution is 2.18. The maximum atomic E-state index is 12.3. The van der Waals surface area contributed by atoms with E-state index in [0.29, 0.717) is 23.6 Å². The number of H-pyrrole nitrogens is 1. The average Bonchev–Trinajstić information content (AvgIpc) is 3.18. The fraction of sp³-hybridized carbons (Fsp3) is 0.0909. The van der Waals surface area contributed by atoms with Crippen molar-refractivity contribution in [3.8, 4) is 6.07 Å². The highest BCUT2D eigenvalue weighted by molar-refractivity contribution is 6.02. The first-order valence-electron chi connectivity index (χ1n) is 9.15. The minimum Gasteiger partial charge on any atom is -0.368 e. The largest absolute Gasteiger partial charge is 0.368 e. The van der Waals surface area contributed by atoms with Crippen molar-refractivity contribution in [1.82, 2.24) is 15.0 Å². The van der Waals surface area contributed by atoms with Crippen LogP contribution >= 0.6 is 0 Å². The zero-order valence-electron chi connectivity index (χ0n) is 15.5. The molecule has 0 radical (unpaired) electrons. The van der Waals surface area contributed by atoms with Gasteiger partial charge in [-0.1, -0.05) is 18.2 Å². The van der Waals surface area contributed by atoms with Crippen LogP contribution in [0, 0.1) is 11.3 Å². The maximum absolute atomic E-state index is 12.3. The number of para-hydroxylation sites is 1. The number of carbonyl (C=O) groups is 1. The molecule has 29 heavy (non-hydrogen) atoms. The fourth-order valence-corrected chi connectivity index (χ4v) is 3.02. The van der Waals surface area contributed by atoms with Gasteiger partial charge in [-0.25, -0.2) is 9.97 Å². The van der Waals surface area contributed by atoms with Crippen LogP contribution in [0.1, 0.15) is 21.6 Å². The summed E-state index contributed by atoms with van der Waals surface area (Å²) in [6.07, 6.45) is 5.84. The van der Waals surface area contributed by atoms with E-state index in [9.17, 15) is 4.79 Å². The van der Waals surface area contributed by atoms with E-state index in [1.165, 1.54) is 17.1 Å². The Labute approximate surface area is 167 Å². The van der Waals surface area contributed by atoms with Gasteiger partial charge in [-0.05, 0) is 42.3 Å². The predicted octanol–water partition coefficient (Wildman–Crippen LogP) is 3.74. The van der Waals surface area contributed by atoms with Gasteiger partial charge in [-0.15, -0.1) is 0 Å². The minimum atomic E-state index is -0.354. The molecule has 0 spiro atoms. The summed E-state index contributed by atoms with van der Waals surface area (Å²) in [7, 11) is 0. The number of carbonyl (C=O) groups excluding carboxylic acids is 1. The van der Waals surface area contributed by atoms with Crippen LogP contribution in [0.15, 0.2) is 67.1 Å². The Morgan fingerprint density at radius 3 is 2.66 bits per heavy atom. The van der Waals surface area contributed by atoms with E-state index >= 15 is 0 Å². The third kappa shape index (κ3) is 4.22. The van der Waals surface area contributed by atoms with Crippen molar-refractivity contribution in [2.24, 2.45) is 0 Å². The first-order chi connectivity index (χ1) is 14.2. The van der Waals surface area contributed by atoms with Crippen LogP contribution in [-0.4, -0.2) is 27.4 Å². The highest BCUT2D eigenvalue weighted by Gasteiger charge is 2.09. The number of nitriles is 1. The SMILES string of the molecule is N#Cc1ccc(NC(=O)c2cnc(NCCc3c[nH]c4ccccc34)cn2)cc1. The Morgan fingerprint density at radius 1 is 1.07 bits per heavy atom. The average molecular weight is 382 g/mol. The second-order valence-corrected chi connectivity index (χ2v) is 6.47. The van der Waals surface area contributed by atoms with Crippen molar-refractivity contribution >= 4 is 28.3 Å². The molecule has 0 fully saturated rings. The van der Waals surface area contributed by atoms with Crippen molar-refractivity contribution in [3.05, 3.63) is 83.9 Å². The molecule has 2 aromatic carbocycles. The predicted molar refractivity (Wildman–Crippen MR) is 112 cm³/mol. The topological polar surface area (TPSA) is 106 Å². The van der Waals surface area contributed by atoms with Crippen molar-refractivity contribution < 1.29 is 4.79 Å². The Kier molecular flexibility index (Phi) is 5.16. The lowest BCUT2D eigenvalue weighted by Gasteiger charge is -2.07. The van der Waals surface area contributed by atoms with Crippen LogP contribution < -0.4 is 10.6 Å². The second kappa shape index (κ2) is 8.23. The van der Waals surface area contributed by atoms with Gasteiger partial charge in [0, 0.05) is 29.3 Å². The van der Waals surface area contributed by atoms with Gasteiger partial charge in [0.2, 0.25) is 0 Å². The Hall–Kier alpha value is -4.18. The molecule has 1 amide bonds. The van der Waals surface area contributed by atoms with Gasteiger partial charge in [0.15, 0.2) is 0 Å². The molecule has 0 saturated carbocycles. The third-order valence-electron chi connectivity index (χ3n) is 4.53. The van der Waals surface area contributed by atoms with Gasteiger partial charge in [-0.3, -0.25) is 4.79 Å². The summed E-state index contributed by atoms with van der Waals surface area (Å²) in [6.45, 7) is 0.702. The van der Waals surface area contributed by atoms with Crippen LogP contribution in [0.5, 0.6) is 0 Å². The Bertz CT molecular complexity index is 1170. The molecule has 0 unspecified atom stereocenters. The molecule has 2 aromatic heterocycles. The molecule has 0 atom stereocenters. The van der Waals surface area contributed by atoms with Gasteiger partial charge in [0.1, 0.15) is 11.5 Å². The molecule has 7 nitrogen and oxygen atoms in total. The summed E-state index contributed by atoms with van der Waals surface area (Å²) in [6, 6.07) is 16.9. The number of hydrogen-bond donors (Lipinski definition) is 3. The Balaban J connectivity index is 1.32. The number of anilines is 2. The van der Waals surface area contributed by atoms with Gasteiger partial charge < -0.3 is 15.6 Å². The second-order valence-electron chi connectivity index (χ2n) is 6.47. The smallest absolute Gasteiger partial charge is 0.275 e. The molecular formula is C22H18N6O. The Morgan fingerprint density at radius 2 is 1.90 bits per heavy atom. The zero-order valence-corrected chi connectivity index (χ0v) is 15.5. The lowest BCUT2D eigenvalue weighted by atomic mass is 10.1. The summed E-state index contributed by atoms with van der Waals surface area (Å²) in [5.41, 5.74) is 3.71. The first-order valence-corrected chi connectivity index (χ1v) is 9.15. The van der Waals surface area contributed by atoms with Crippen LogP contribution in [0.25, 0.3) is 10.9 Å². The molecule has 7 heteroatoms. The minimum absolute atomic E-state index is 0.219. The standard InChI is InChI=1S/C22H18N6O/c23-11-15-5-7-17(8-6-15)28-22(29)20-13-27-21(14-26-20)24-10-9-16-12-25-19-4-2-1-3-18(16)19/h1-8,12-14,25H,9-10H2,(H,24,27)(H,28,29). The molecule has 0 aliphatic rings. The molecule has 0 saturated heterocycles. The molecular weight excluding hydrogens is 364 g/mol. The van der Waals surface area contributed by atoms with Gasteiger partial charge in [-0.2, -0.15) is 5.26 Å². The lowest BCUT2D eigenvalue weighted by Crippen LogP contribution is -2.15. The first kappa shape index (κ1) is 18.2. The lowest BCUT2D eigenvalue weighted by molar-refractivity contribution is 0.102. The molecule has 2 heterocycles. The molecule has 4 rings (SSSR count). The van der Waals surface area contributed by atoms with Crippen molar-refractivity contribution in [2.45, 2.75) is 6.42 Å². The van der Waals surface area contributed by atoms with E-state index in [4.69, 9.17) is 5.26 Å². The fourth-order valence-electron chi connectivity index (χ4n) is 3.02. The number of rotatable bonds is 6. The van der Waals surface area contributed by atoms with Crippen LogP contribution in [-0.2, 0) is 6.42 Å². The number of aromatic nitrogens is 3. The third-order valence-corrected chi connectivity index (χ3v) is 4.53. The number of nitrogens with one attached hydrogen (secondary N) is 3. The van der Waals surface area contributed by atoms with Gasteiger partial charge in [0.05, 0.1) is 24.0 Å². The number of aromatic amines is 1. The van der Waals surface area contributed by atoms with E-state index in [2.05, 4.69) is 37.7 Å². The van der Waals surface area contributed by atoms with E-state index < -0.39 is 0 Å². The molecule has 0 bridgehead atoms. The van der Waals surface area contributed by atoms with Gasteiger partial charge in [0.25, 0.3) is 5.91 Å². The number of nitrogens with zero attached hydrogens (tertiary/aromatic N) is 3. The number of benzene rings is 2. The van der Waals surface area contributed by atoms with Crippen LogP contribution in [0.3, 0.4) is 0 Å². The molecule has 0 aliphatic heterocycles. The summed E-state index contributed by atoms with van der Waals surface area (Å²) >= 11 is 0. The summed E-state index contributed by atoms with van der Waals surface area (Å²) in [4.78, 5) is 24.0. The monoisotopic (exact) mass is 382 g/mol. The van der Waals surface area contributed by atoms with Crippen LogP contribution in [0.2, 0.25) is 0 Å². The van der Waals surface area contributed by atoms with Crippen molar-refractivity contribution in [2.75, 3.05) is 17.2 Å². The summed E-state index contributed by atoms with van der Waals surface area (Å²) in [5, 5.41) is 16.0. The summed E-state index contributed by atoms with van der Waals surface area (Å²) in [5.74, 6) is 0.257. The van der Waals surface area contributed by atoms with Crippen molar-refractivity contribution in [3.63, 3.8) is 0 Å². The maximum Gasteiger partial charge on any atom is 0.275 e. The van der Waals surface area contributed by atoms with E-state index in [-0.39, 0.29) is 11.6 Å². The quantitative estimate of drug-likeness (QED) is 0.471.